The Labute approximate surface area is 133 Å². The minimum atomic E-state index is -0.770. The minimum Gasteiger partial charge on any atom is -0.320 e. The van der Waals surface area contributed by atoms with Crippen molar-refractivity contribution < 1.29 is 9.72 Å². The number of hydrogen-bond donors (Lipinski definition) is 1. The topological polar surface area (TPSA) is 85.1 Å². The molecule has 2 rings (SSSR count). The number of pyridine rings is 1. The number of nitro groups is 1. The van der Waals surface area contributed by atoms with Crippen molar-refractivity contribution in [2.24, 2.45) is 0 Å². The van der Waals surface area contributed by atoms with E-state index >= 15 is 0 Å². The summed E-state index contributed by atoms with van der Waals surface area (Å²) in [5, 5.41) is 13.7. The molecule has 0 saturated heterocycles. The highest BCUT2D eigenvalue weighted by Crippen LogP contribution is 2.29. The molecule has 0 aliphatic rings. The number of hydrogen-bond acceptors (Lipinski definition) is 4. The lowest BCUT2D eigenvalue weighted by atomic mass is 10.2. The lowest BCUT2D eigenvalue weighted by molar-refractivity contribution is -0.385. The number of benzene rings is 1. The summed E-state index contributed by atoms with van der Waals surface area (Å²) in [6, 6.07) is 5.64. The summed E-state index contributed by atoms with van der Waals surface area (Å²) in [6.45, 7) is 0. The zero-order valence-corrected chi connectivity index (χ0v) is 12.4. The molecule has 21 heavy (non-hydrogen) atoms. The molecule has 0 unspecified atom stereocenters. The van der Waals surface area contributed by atoms with Crippen LogP contribution in [-0.4, -0.2) is 15.8 Å². The number of nitrogens with zero attached hydrogens (tertiary/aromatic N) is 2. The third-order valence-electron chi connectivity index (χ3n) is 2.49. The van der Waals surface area contributed by atoms with Crippen LogP contribution in [0, 0.1) is 10.1 Å². The van der Waals surface area contributed by atoms with Crippen LogP contribution >= 0.6 is 34.8 Å². The van der Waals surface area contributed by atoms with Gasteiger partial charge in [-0.3, -0.25) is 14.9 Å². The molecule has 0 aliphatic heterocycles. The second kappa shape index (κ2) is 6.26. The predicted octanol–water partition coefficient (Wildman–Crippen LogP) is 4.20. The Hall–Kier alpha value is -1.89. The molecule has 0 bridgehead atoms. The van der Waals surface area contributed by atoms with Gasteiger partial charge in [0.25, 0.3) is 5.91 Å². The van der Waals surface area contributed by atoms with E-state index in [0.717, 1.165) is 0 Å². The fourth-order valence-corrected chi connectivity index (χ4v) is 2.25. The van der Waals surface area contributed by atoms with E-state index in [9.17, 15) is 14.9 Å². The molecule has 0 spiro atoms. The zero-order valence-electron chi connectivity index (χ0n) is 10.1. The first kappa shape index (κ1) is 15.5. The van der Waals surface area contributed by atoms with Crippen LogP contribution in [0.3, 0.4) is 0 Å². The molecule has 0 saturated carbocycles. The van der Waals surface area contributed by atoms with Gasteiger partial charge in [-0.05, 0) is 24.3 Å². The molecule has 1 aromatic carbocycles. The van der Waals surface area contributed by atoms with Gasteiger partial charge in [-0.2, -0.15) is 0 Å². The van der Waals surface area contributed by atoms with E-state index in [2.05, 4.69) is 10.3 Å². The Morgan fingerprint density at radius 2 is 1.95 bits per heavy atom. The minimum absolute atomic E-state index is 0.207. The Morgan fingerprint density at radius 1 is 1.24 bits per heavy atom. The van der Waals surface area contributed by atoms with E-state index in [-0.39, 0.29) is 21.4 Å². The number of carbonyl (C=O) groups excluding carboxylic acids is 1. The van der Waals surface area contributed by atoms with E-state index in [1.165, 1.54) is 30.5 Å². The first-order valence-corrected chi connectivity index (χ1v) is 6.59. The fourth-order valence-electron chi connectivity index (χ4n) is 1.57. The van der Waals surface area contributed by atoms with Gasteiger partial charge in [-0.15, -0.1) is 0 Å². The molecule has 1 aromatic heterocycles. The van der Waals surface area contributed by atoms with Gasteiger partial charge in [-0.1, -0.05) is 34.8 Å². The summed E-state index contributed by atoms with van der Waals surface area (Å²) < 4.78 is 0. The molecule has 0 radical (unpaired) electrons. The summed E-state index contributed by atoms with van der Waals surface area (Å²) >= 11 is 17.3. The molecule has 0 fully saturated rings. The third kappa shape index (κ3) is 3.41. The van der Waals surface area contributed by atoms with Crippen LogP contribution in [0.1, 0.15) is 10.4 Å². The first-order valence-electron chi connectivity index (χ1n) is 5.45. The lowest BCUT2D eigenvalue weighted by Gasteiger charge is -2.08. The van der Waals surface area contributed by atoms with Crippen molar-refractivity contribution >= 4 is 52.1 Å². The number of anilines is 1. The van der Waals surface area contributed by atoms with Gasteiger partial charge >= 0.3 is 5.69 Å². The van der Waals surface area contributed by atoms with Crippen LogP contribution in [0.5, 0.6) is 0 Å². The molecule has 1 amide bonds. The average Bonchev–Trinajstić information content (AvgIpc) is 2.41. The van der Waals surface area contributed by atoms with Crippen molar-refractivity contribution in [3.63, 3.8) is 0 Å². The summed E-state index contributed by atoms with van der Waals surface area (Å²) in [4.78, 5) is 25.9. The Bertz CT molecular complexity index is 737. The van der Waals surface area contributed by atoms with Gasteiger partial charge in [0, 0.05) is 11.2 Å². The molecule has 108 valence electrons. The molecule has 1 N–H and O–H groups in total. The van der Waals surface area contributed by atoms with Crippen molar-refractivity contribution in [1.82, 2.24) is 4.98 Å². The predicted molar refractivity (Wildman–Crippen MR) is 80.3 cm³/mol. The molecule has 6 nitrogen and oxygen atoms in total. The zero-order chi connectivity index (χ0) is 15.6. The Morgan fingerprint density at radius 3 is 2.57 bits per heavy atom. The van der Waals surface area contributed by atoms with E-state index in [1.54, 1.807) is 0 Å². The number of aromatic nitrogens is 1. The van der Waals surface area contributed by atoms with Gasteiger partial charge in [-0.25, -0.2) is 4.98 Å². The lowest BCUT2D eigenvalue weighted by Crippen LogP contribution is -2.14. The van der Waals surface area contributed by atoms with Gasteiger partial charge in [0.2, 0.25) is 5.15 Å². The summed E-state index contributed by atoms with van der Waals surface area (Å²) in [5.74, 6) is -0.727. The second-order valence-electron chi connectivity index (χ2n) is 3.83. The number of amides is 1. The summed E-state index contributed by atoms with van der Waals surface area (Å²) in [6.07, 6.45) is 1.20. The molecular formula is C12H6Cl3N3O3. The van der Waals surface area contributed by atoms with E-state index in [0.29, 0.717) is 5.02 Å². The van der Waals surface area contributed by atoms with Crippen molar-refractivity contribution in [2.75, 3.05) is 5.32 Å². The Kier molecular flexibility index (Phi) is 4.62. The normalized spacial score (nSPS) is 10.2. The molecule has 1 heterocycles. The van der Waals surface area contributed by atoms with Crippen molar-refractivity contribution in [2.45, 2.75) is 0 Å². The van der Waals surface area contributed by atoms with Crippen LogP contribution in [0.4, 0.5) is 11.4 Å². The highest BCUT2D eigenvalue weighted by molar-refractivity contribution is 6.37. The van der Waals surface area contributed by atoms with Crippen LogP contribution in [0.2, 0.25) is 15.2 Å². The highest BCUT2D eigenvalue weighted by Gasteiger charge is 2.25. The van der Waals surface area contributed by atoms with Crippen LogP contribution in [0.25, 0.3) is 0 Å². The van der Waals surface area contributed by atoms with E-state index in [4.69, 9.17) is 34.8 Å². The number of carbonyl (C=O) groups is 1. The van der Waals surface area contributed by atoms with Crippen molar-refractivity contribution in [3.05, 3.63) is 61.3 Å². The fraction of sp³-hybridized carbons (Fsp3) is 0. The number of nitrogens with one attached hydrogen (secondary N) is 1. The summed E-state index contributed by atoms with van der Waals surface area (Å²) in [5.41, 5.74) is -0.513. The first-order chi connectivity index (χ1) is 9.90. The molecular weight excluding hydrogens is 341 g/mol. The SMILES string of the molecule is O=C(Nc1ccc(Cl)cc1Cl)c1ccnc(Cl)c1[N+](=O)[O-]. The number of rotatable bonds is 3. The Balaban J connectivity index is 2.37. The van der Waals surface area contributed by atoms with Gasteiger partial charge in [0.15, 0.2) is 0 Å². The van der Waals surface area contributed by atoms with Crippen molar-refractivity contribution in [3.8, 4) is 0 Å². The third-order valence-corrected chi connectivity index (χ3v) is 3.31. The van der Waals surface area contributed by atoms with E-state index < -0.39 is 16.5 Å². The average molecular weight is 347 g/mol. The maximum Gasteiger partial charge on any atom is 0.319 e. The quantitative estimate of drug-likeness (QED) is 0.512. The number of halogens is 3. The molecule has 9 heteroatoms. The van der Waals surface area contributed by atoms with Crippen LogP contribution in [0.15, 0.2) is 30.5 Å². The van der Waals surface area contributed by atoms with Gasteiger partial charge < -0.3 is 5.32 Å². The monoisotopic (exact) mass is 345 g/mol. The molecule has 0 aliphatic carbocycles. The second-order valence-corrected chi connectivity index (χ2v) is 5.03. The van der Waals surface area contributed by atoms with Crippen LogP contribution < -0.4 is 5.32 Å². The maximum absolute atomic E-state index is 12.1. The largest absolute Gasteiger partial charge is 0.320 e. The maximum atomic E-state index is 12.1. The summed E-state index contributed by atoms with van der Waals surface area (Å²) in [7, 11) is 0. The molecule has 2 aromatic rings. The van der Waals surface area contributed by atoms with Gasteiger partial charge in [0.1, 0.15) is 5.56 Å². The van der Waals surface area contributed by atoms with Crippen molar-refractivity contribution in [1.29, 1.82) is 0 Å². The van der Waals surface area contributed by atoms with Gasteiger partial charge in [0.05, 0.1) is 15.6 Å². The highest BCUT2D eigenvalue weighted by atomic mass is 35.5. The smallest absolute Gasteiger partial charge is 0.319 e. The van der Waals surface area contributed by atoms with Crippen LogP contribution in [-0.2, 0) is 0 Å². The van der Waals surface area contributed by atoms with E-state index in [1.807, 2.05) is 0 Å². The molecule has 0 atom stereocenters. The standard InChI is InChI=1S/C12H6Cl3N3O3/c13-6-1-2-9(8(14)5-6)17-12(19)7-3-4-16-11(15)10(7)18(20)21/h1-5H,(H,17,19).